The van der Waals surface area contributed by atoms with Gasteiger partial charge in [-0.1, -0.05) is 68.8 Å². The van der Waals surface area contributed by atoms with Crippen molar-refractivity contribution in [1.29, 1.82) is 0 Å². The minimum Gasteiger partial charge on any atom is -0.464 e. The summed E-state index contributed by atoms with van der Waals surface area (Å²) in [4.78, 5) is 11.6. The van der Waals surface area contributed by atoms with Crippen LogP contribution in [0.1, 0.15) is 31.9 Å². The van der Waals surface area contributed by atoms with Crippen molar-refractivity contribution in [1.82, 2.24) is 0 Å². The Kier molecular flexibility index (Phi) is 8.81. The second kappa shape index (κ2) is 10.4. The van der Waals surface area contributed by atoms with Crippen LogP contribution < -0.4 is 5.73 Å². The monoisotopic (exact) mass is 407 g/mol. The maximum atomic E-state index is 11.6. The quantitative estimate of drug-likeness (QED) is 0.581. The highest BCUT2D eigenvalue weighted by Gasteiger charge is 2.19. The smallest absolute Gasteiger partial charge is 0.323 e. The first-order valence-electron chi connectivity index (χ1n) is 8.89. The van der Waals surface area contributed by atoms with Gasteiger partial charge in [0.25, 0.3) is 10.1 Å². The van der Waals surface area contributed by atoms with E-state index in [0.29, 0.717) is 13.0 Å². The van der Waals surface area contributed by atoms with Gasteiger partial charge in [0.1, 0.15) is 6.04 Å². The summed E-state index contributed by atoms with van der Waals surface area (Å²) in [6, 6.07) is 15.1. The normalized spacial score (nSPS) is 12.5. The number of rotatable bonds is 5. The lowest BCUT2D eigenvalue weighted by atomic mass is 9.98. The van der Waals surface area contributed by atoms with Crippen LogP contribution in [0, 0.1) is 12.3 Å². The van der Waals surface area contributed by atoms with E-state index in [-0.39, 0.29) is 16.3 Å². The third kappa shape index (κ3) is 9.64. The molecule has 0 saturated carbocycles. The largest absolute Gasteiger partial charge is 0.464 e. The van der Waals surface area contributed by atoms with Crippen molar-refractivity contribution in [3.8, 4) is 0 Å². The fourth-order valence-electron chi connectivity index (χ4n) is 2.06. The first-order valence-corrected chi connectivity index (χ1v) is 10.3. The first kappa shape index (κ1) is 23.8. The number of hydrogen-bond acceptors (Lipinski definition) is 5. The SMILES string of the molecule is CC(C)(C)COC(=O)[C@@H](N)Cc1ccccc1.Cc1ccc(S(=O)(=O)O)cc1. The predicted molar refractivity (Wildman–Crippen MR) is 110 cm³/mol. The summed E-state index contributed by atoms with van der Waals surface area (Å²) in [5, 5.41) is 0. The predicted octanol–water partition coefficient (Wildman–Crippen LogP) is 3.39. The lowest BCUT2D eigenvalue weighted by Crippen LogP contribution is -2.36. The summed E-state index contributed by atoms with van der Waals surface area (Å²) < 4.78 is 34.7. The summed E-state index contributed by atoms with van der Waals surface area (Å²) in [6.45, 7) is 8.29. The molecule has 2 aromatic carbocycles. The Balaban J connectivity index is 0.000000307. The van der Waals surface area contributed by atoms with E-state index >= 15 is 0 Å². The van der Waals surface area contributed by atoms with Crippen LogP contribution in [0.25, 0.3) is 0 Å². The molecule has 154 valence electrons. The van der Waals surface area contributed by atoms with Crippen LogP contribution in [0.2, 0.25) is 0 Å². The summed E-state index contributed by atoms with van der Waals surface area (Å²) in [5.41, 5.74) is 7.78. The van der Waals surface area contributed by atoms with E-state index in [4.69, 9.17) is 15.0 Å². The molecule has 6 nitrogen and oxygen atoms in total. The number of benzene rings is 2. The molecule has 0 spiro atoms. The molecule has 0 fully saturated rings. The highest BCUT2D eigenvalue weighted by molar-refractivity contribution is 7.85. The molecule has 28 heavy (non-hydrogen) atoms. The Morgan fingerprint density at radius 1 is 1.07 bits per heavy atom. The van der Waals surface area contributed by atoms with Crippen LogP contribution in [-0.2, 0) is 26.1 Å². The lowest BCUT2D eigenvalue weighted by Gasteiger charge is -2.19. The molecular weight excluding hydrogens is 378 g/mol. The van der Waals surface area contributed by atoms with Gasteiger partial charge in [0, 0.05) is 0 Å². The number of nitrogens with two attached hydrogens (primary N) is 1. The molecule has 7 heteroatoms. The van der Waals surface area contributed by atoms with E-state index in [0.717, 1.165) is 11.1 Å². The number of esters is 1. The first-order chi connectivity index (χ1) is 12.9. The Morgan fingerprint density at radius 3 is 2.07 bits per heavy atom. The molecule has 0 amide bonds. The van der Waals surface area contributed by atoms with Gasteiger partial charge in [-0.3, -0.25) is 9.35 Å². The van der Waals surface area contributed by atoms with Crippen molar-refractivity contribution in [3.63, 3.8) is 0 Å². The van der Waals surface area contributed by atoms with E-state index in [9.17, 15) is 13.2 Å². The maximum absolute atomic E-state index is 11.6. The van der Waals surface area contributed by atoms with Crippen LogP contribution in [0.15, 0.2) is 59.5 Å². The zero-order chi connectivity index (χ0) is 21.4. The van der Waals surface area contributed by atoms with Crippen LogP contribution in [0.3, 0.4) is 0 Å². The van der Waals surface area contributed by atoms with Gasteiger partial charge < -0.3 is 10.5 Å². The van der Waals surface area contributed by atoms with Gasteiger partial charge in [-0.2, -0.15) is 8.42 Å². The van der Waals surface area contributed by atoms with Gasteiger partial charge in [-0.05, 0) is 36.5 Å². The summed E-state index contributed by atoms with van der Waals surface area (Å²) >= 11 is 0. The van der Waals surface area contributed by atoms with Gasteiger partial charge >= 0.3 is 5.97 Å². The number of carbonyl (C=O) groups is 1. The number of ether oxygens (including phenoxy) is 1. The minimum absolute atomic E-state index is 0.0257. The van der Waals surface area contributed by atoms with Gasteiger partial charge in [0.2, 0.25) is 0 Å². The van der Waals surface area contributed by atoms with Crippen LogP contribution in [0.4, 0.5) is 0 Å². The zero-order valence-corrected chi connectivity index (χ0v) is 17.6. The third-order valence-electron chi connectivity index (χ3n) is 3.57. The van der Waals surface area contributed by atoms with Gasteiger partial charge in [-0.15, -0.1) is 0 Å². The highest BCUT2D eigenvalue weighted by atomic mass is 32.2. The van der Waals surface area contributed by atoms with E-state index in [2.05, 4.69) is 0 Å². The van der Waals surface area contributed by atoms with E-state index < -0.39 is 16.2 Å². The Morgan fingerprint density at radius 2 is 1.61 bits per heavy atom. The van der Waals surface area contributed by atoms with Crippen molar-refractivity contribution in [3.05, 3.63) is 65.7 Å². The molecule has 2 aromatic rings. The Bertz CT molecular complexity index is 841. The molecule has 0 aromatic heterocycles. The fraction of sp³-hybridized carbons (Fsp3) is 0.381. The molecule has 0 heterocycles. The van der Waals surface area contributed by atoms with Crippen LogP contribution >= 0.6 is 0 Å². The standard InChI is InChI=1S/C14H21NO2.C7H8O3S/c1-14(2,3)10-17-13(16)12(15)9-11-7-5-4-6-8-11;1-6-2-4-7(5-3-6)11(8,9)10/h4-8,12H,9-10,15H2,1-3H3;2-5H,1H3,(H,8,9,10)/t12-;/m0./s1. The average molecular weight is 408 g/mol. The summed E-state index contributed by atoms with van der Waals surface area (Å²) in [6.07, 6.45) is 0.518. The topological polar surface area (TPSA) is 107 Å². The van der Waals surface area contributed by atoms with Crippen molar-refractivity contribution in [2.45, 2.75) is 45.1 Å². The second-order valence-electron chi connectivity index (χ2n) is 7.75. The second-order valence-corrected chi connectivity index (χ2v) is 9.17. The summed E-state index contributed by atoms with van der Waals surface area (Å²) in [5.74, 6) is -0.330. The van der Waals surface area contributed by atoms with Gasteiger partial charge in [0.05, 0.1) is 11.5 Å². The fourth-order valence-corrected chi connectivity index (χ4v) is 2.54. The molecular formula is C21H29NO5S. The third-order valence-corrected chi connectivity index (χ3v) is 4.44. The molecule has 0 aliphatic heterocycles. The number of carbonyl (C=O) groups excluding carboxylic acids is 1. The highest BCUT2D eigenvalue weighted by Crippen LogP contribution is 2.13. The minimum atomic E-state index is -4.02. The van der Waals surface area contributed by atoms with E-state index in [1.54, 1.807) is 12.1 Å². The van der Waals surface area contributed by atoms with Crippen molar-refractivity contribution in [2.75, 3.05) is 6.61 Å². The Hall–Kier alpha value is -2.22. The molecule has 2 rings (SSSR count). The molecule has 0 aliphatic rings. The number of aryl methyl sites for hydroxylation is 1. The van der Waals surface area contributed by atoms with Crippen molar-refractivity contribution < 1.29 is 22.5 Å². The van der Waals surface area contributed by atoms with Gasteiger partial charge in [0.15, 0.2) is 0 Å². The lowest BCUT2D eigenvalue weighted by molar-refractivity contribution is -0.147. The zero-order valence-electron chi connectivity index (χ0n) is 16.8. The van der Waals surface area contributed by atoms with E-state index in [1.165, 1.54) is 12.1 Å². The summed E-state index contributed by atoms with van der Waals surface area (Å²) in [7, 11) is -4.02. The van der Waals surface area contributed by atoms with Crippen LogP contribution in [0.5, 0.6) is 0 Å². The maximum Gasteiger partial charge on any atom is 0.323 e. The van der Waals surface area contributed by atoms with Gasteiger partial charge in [-0.25, -0.2) is 0 Å². The van der Waals surface area contributed by atoms with Crippen molar-refractivity contribution >= 4 is 16.1 Å². The van der Waals surface area contributed by atoms with Crippen LogP contribution in [-0.4, -0.2) is 31.6 Å². The Labute approximate surface area is 167 Å². The molecule has 0 bridgehead atoms. The number of hydrogen-bond donors (Lipinski definition) is 2. The molecule has 3 N–H and O–H groups in total. The molecule has 0 radical (unpaired) electrons. The molecule has 0 saturated heterocycles. The average Bonchev–Trinajstić information content (AvgIpc) is 2.60. The molecule has 0 unspecified atom stereocenters. The molecule has 0 aliphatic carbocycles. The van der Waals surface area contributed by atoms with Crippen molar-refractivity contribution in [2.24, 2.45) is 11.1 Å². The molecule has 1 atom stereocenters. The van der Waals surface area contributed by atoms with E-state index in [1.807, 2.05) is 58.0 Å².